The van der Waals surface area contributed by atoms with Crippen LogP contribution in [0.15, 0.2) is 39.7 Å². The van der Waals surface area contributed by atoms with Gasteiger partial charge in [0.2, 0.25) is 5.75 Å². The van der Waals surface area contributed by atoms with Gasteiger partial charge in [-0.1, -0.05) is 18.2 Å². The molecule has 0 radical (unpaired) electrons. The minimum Gasteiger partial charge on any atom is -0.450 e. The van der Waals surface area contributed by atoms with Crippen LogP contribution in [0.2, 0.25) is 0 Å². The molecule has 1 heterocycles. The molecule has 1 fully saturated rings. The molecule has 1 aliphatic rings. The van der Waals surface area contributed by atoms with E-state index in [1.54, 1.807) is 6.07 Å². The van der Waals surface area contributed by atoms with Crippen molar-refractivity contribution in [3.63, 3.8) is 0 Å². The van der Waals surface area contributed by atoms with Gasteiger partial charge < -0.3 is 9.30 Å². The maximum absolute atomic E-state index is 13.1. The summed E-state index contributed by atoms with van der Waals surface area (Å²) in [6, 6.07) is 6.87. The van der Waals surface area contributed by atoms with Crippen molar-refractivity contribution in [1.82, 2.24) is 4.57 Å². The number of nitrogens with zero attached hydrogens (tertiary/aromatic N) is 1. The normalized spacial score (nSPS) is 16.9. The van der Waals surface area contributed by atoms with Gasteiger partial charge in [-0.05, 0) is 47.0 Å². The van der Waals surface area contributed by atoms with E-state index in [4.69, 9.17) is 4.74 Å². The number of para-hydroxylation sites is 1. The Morgan fingerprint density at radius 1 is 1.17 bits per heavy atom. The molecular formula is C17H16BrF2NO2. The average Bonchev–Trinajstić information content (AvgIpc) is 2.44. The van der Waals surface area contributed by atoms with Gasteiger partial charge in [0.1, 0.15) is 5.75 Å². The highest BCUT2D eigenvalue weighted by atomic mass is 79.9. The van der Waals surface area contributed by atoms with E-state index in [-0.39, 0.29) is 18.6 Å². The summed E-state index contributed by atoms with van der Waals surface area (Å²) in [5.41, 5.74) is 1.41. The van der Waals surface area contributed by atoms with Crippen molar-refractivity contribution in [3.05, 3.63) is 56.4 Å². The van der Waals surface area contributed by atoms with Crippen LogP contribution in [0.5, 0.6) is 11.5 Å². The third-order valence-corrected chi connectivity index (χ3v) is 4.73. The van der Waals surface area contributed by atoms with E-state index < -0.39 is 17.5 Å². The number of aromatic nitrogens is 1. The average molecular weight is 384 g/mol. The predicted molar refractivity (Wildman–Crippen MR) is 87.6 cm³/mol. The molecule has 0 spiro atoms. The molecule has 1 aromatic carbocycles. The molecule has 1 aliphatic carbocycles. The molecule has 0 atom stereocenters. The Labute approximate surface area is 141 Å². The lowest BCUT2D eigenvalue weighted by Gasteiger charge is -2.36. The number of benzene rings is 1. The maximum Gasteiger partial charge on any atom is 0.294 e. The fourth-order valence-electron chi connectivity index (χ4n) is 2.78. The van der Waals surface area contributed by atoms with Crippen molar-refractivity contribution in [1.29, 1.82) is 0 Å². The van der Waals surface area contributed by atoms with Gasteiger partial charge in [0, 0.05) is 25.1 Å². The molecule has 23 heavy (non-hydrogen) atoms. The largest absolute Gasteiger partial charge is 0.450 e. The van der Waals surface area contributed by atoms with Gasteiger partial charge in [-0.2, -0.15) is 0 Å². The van der Waals surface area contributed by atoms with Gasteiger partial charge in [-0.3, -0.25) is 4.79 Å². The fraction of sp³-hybridized carbons (Fsp3) is 0.353. The van der Waals surface area contributed by atoms with Crippen LogP contribution in [0, 0.1) is 13.8 Å². The number of hydrogen-bond acceptors (Lipinski definition) is 2. The van der Waals surface area contributed by atoms with Crippen LogP contribution in [-0.2, 0) is 0 Å². The number of hydrogen-bond donors (Lipinski definition) is 0. The molecule has 0 amide bonds. The third kappa shape index (κ3) is 3.04. The van der Waals surface area contributed by atoms with Crippen LogP contribution in [0.3, 0.4) is 0 Å². The number of pyridine rings is 1. The van der Waals surface area contributed by atoms with E-state index in [1.807, 2.05) is 32.0 Å². The molecule has 122 valence electrons. The number of halogens is 3. The van der Waals surface area contributed by atoms with Gasteiger partial charge >= 0.3 is 0 Å². The lowest BCUT2D eigenvalue weighted by Crippen LogP contribution is -2.41. The molecule has 3 nitrogen and oxygen atoms in total. The number of alkyl halides is 2. The first kappa shape index (κ1) is 16.2. The van der Waals surface area contributed by atoms with Gasteiger partial charge in [0.25, 0.3) is 11.5 Å². The Bertz CT molecular complexity index is 788. The van der Waals surface area contributed by atoms with E-state index in [0.717, 1.165) is 11.1 Å². The Kier molecular flexibility index (Phi) is 4.04. The highest BCUT2D eigenvalue weighted by Crippen LogP contribution is 2.45. The number of ether oxygens (including phenoxy) is 1. The van der Waals surface area contributed by atoms with Crippen LogP contribution in [0.1, 0.15) is 30.0 Å². The van der Waals surface area contributed by atoms with Crippen molar-refractivity contribution < 1.29 is 13.5 Å². The zero-order valence-corrected chi connectivity index (χ0v) is 14.4. The minimum absolute atomic E-state index is 0.125. The lowest BCUT2D eigenvalue weighted by molar-refractivity contribution is -0.105. The van der Waals surface area contributed by atoms with Crippen LogP contribution >= 0.6 is 15.9 Å². The van der Waals surface area contributed by atoms with Crippen molar-refractivity contribution in [2.45, 2.75) is 38.7 Å². The standard InChI is InChI=1S/C17H16BrF2NO2/c1-10-4-3-5-11(2)14(10)23-15-13(18)6-7-21(16(15)22)12-8-17(19,20)9-12/h3-7,12H,8-9H2,1-2H3. The first-order valence-electron chi connectivity index (χ1n) is 7.31. The predicted octanol–water partition coefficient (Wildman–Crippen LogP) is 4.99. The molecule has 0 saturated heterocycles. The monoisotopic (exact) mass is 383 g/mol. The summed E-state index contributed by atoms with van der Waals surface area (Å²) in [6.45, 7) is 3.79. The van der Waals surface area contributed by atoms with Crippen LogP contribution < -0.4 is 10.3 Å². The van der Waals surface area contributed by atoms with E-state index in [1.165, 1.54) is 10.8 Å². The Morgan fingerprint density at radius 2 is 1.78 bits per heavy atom. The summed E-state index contributed by atoms with van der Waals surface area (Å²) in [6.07, 6.45) is 0.915. The summed E-state index contributed by atoms with van der Waals surface area (Å²) in [7, 11) is 0. The van der Waals surface area contributed by atoms with Gasteiger partial charge in [-0.25, -0.2) is 8.78 Å². The van der Waals surface area contributed by atoms with E-state index >= 15 is 0 Å². The van der Waals surface area contributed by atoms with Crippen molar-refractivity contribution in [2.75, 3.05) is 0 Å². The highest BCUT2D eigenvalue weighted by molar-refractivity contribution is 9.10. The quantitative estimate of drug-likeness (QED) is 0.747. The van der Waals surface area contributed by atoms with Crippen LogP contribution in [0.4, 0.5) is 8.78 Å². The van der Waals surface area contributed by atoms with E-state index in [0.29, 0.717) is 10.2 Å². The zero-order valence-electron chi connectivity index (χ0n) is 12.8. The van der Waals surface area contributed by atoms with Crippen molar-refractivity contribution in [3.8, 4) is 11.5 Å². The molecule has 0 aliphatic heterocycles. The molecule has 2 aromatic rings. The molecule has 1 aromatic heterocycles. The maximum atomic E-state index is 13.1. The molecule has 0 N–H and O–H groups in total. The SMILES string of the molecule is Cc1cccc(C)c1Oc1c(Br)ccn(C2CC(F)(F)C2)c1=O. The van der Waals surface area contributed by atoms with Crippen molar-refractivity contribution >= 4 is 15.9 Å². The summed E-state index contributed by atoms with van der Waals surface area (Å²) in [5, 5.41) is 0. The number of aryl methyl sites for hydroxylation is 2. The first-order valence-corrected chi connectivity index (χ1v) is 8.10. The Balaban J connectivity index is 1.98. The van der Waals surface area contributed by atoms with Gasteiger partial charge in [0.05, 0.1) is 4.47 Å². The summed E-state index contributed by atoms with van der Waals surface area (Å²) in [5.74, 6) is -1.94. The molecule has 0 unspecified atom stereocenters. The second-order valence-corrected chi connectivity index (χ2v) is 6.80. The molecular weight excluding hydrogens is 368 g/mol. The zero-order chi connectivity index (χ0) is 16.8. The summed E-state index contributed by atoms with van der Waals surface area (Å²) >= 11 is 3.31. The van der Waals surface area contributed by atoms with Crippen molar-refractivity contribution in [2.24, 2.45) is 0 Å². The smallest absolute Gasteiger partial charge is 0.294 e. The lowest BCUT2D eigenvalue weighted by atomic mass is 9.88. The Morgan fingerprint density at radius 3 is 2.35 bits per heavy atom. The van der Waals surface area contributed by atoms with E-state index in [9.17, 15) is 13.6 Å². The van der Waals surface area contributed by atoms with Crippen LogP contribution in [-0.4, -0.2) is 10.5 Å². The fourth-order valence-corrected chi connectivity index (χ4v) is 3.15. The summed E-state index contributed by atoms with van der Waals surface area (Å²) < 4.78 is 33.9. The third-order valence-electron chi connectivity index (χ3n) is 4.10. The highest BCUT2D eigenvalue weighted by Gasteiger charge is 2.46. The van der Waals surface area contributed by atoms with Gasteiger partial charge in [-0.15, -0.1) is 0 Å². The minimum atomic E-state index is -2.68. The summed E-state index contributed by atoms with van der Waals surface area (Å²) in [4.78, 5) is 12.6. The van der Waals surface area contributed by atoms with E-state index in [2.05, 4.69) is 15.9 Å². The molecule has 0 bridgehead atoms. The second-order valence-electron chi connectivity index (χ2n) is 5.95. The second kappa shape index (κ2) is 5.74. The molecule has 1 saturated carbocycles. The Hall–Kier alpha value is -1.69. The van der Waals surface area contributed by atoms with Gasteiger partial charge in [0.15, 0.2) is 0 Å². The first-order chi connectivity index (χ1) is 10.8. The topological polar surface area (TPSA) is 31.2 Å². The van der Waals surface area contributed by atoms with Crippen LogP contribution in [0.25, 0.3) is 0 Å². The molecule has 6 heteroatoms. The molecule has 3 rings (SSSR count). The number of rotatable bonds is 3.